The summed E-state index contributed by atoms with van der Waals surface area (Å²) in [7, 11) is 0. The van der Waals surface area contributed by atoms with Gasteiger partial charge in [0.05, 0.1) is 22.4 Å². The number of hydrogen-bond acceptors (Lipinski definition) is 8. The zero-order chi connectivity index (χ0) is 17.4. The second-order valence-corrected chi connectivity index (χ2v) is 11.1. The third-order valence-electron chi connectivity index (χ3n) is 3.47. The highest BCUT2D eigenvalue weighted by Gasteiger charge is 2.37. The van der Waals surface area contributed by atoms with Crippen molar-refractivity contribution in [3.8, 4) is 0 Å². The molecule has 2 aliphatic rings. The Labute approximate surface area is 160 Å². The summed E-state index contributed by atoms with van der Waals surface area (Å²) in [6, 6.07) is 0. The Bertz CT molecular complexity index is 429. The summed E-state index contributed by atoms with van der Waals surface area (Å²) in [6.45, 7) is 7.73. The van der Waals surface area contributed by atoms with Crippen LogP contribution < -0.4 is 0 Å². The summed E-state index contributed by atoms with van der Waals surface area (Å²) in [5.74, 6) is 1.54. The molecule has 0 aromatic carbocycles. The molecule has 0 N–H and O–H groups in total. The van der Waals surface area contributed by atoms with Gasteiger partial charge in [-0.15, -0.1) is 47.0 Å². The molecule has 0 aromatic heterocycles. The molecule has 134 valence electrons. The van der Waals surface area contributed by atoms with Gasteiger partial charge in [0.15, 0.2) is 0 Å². The summed E-state index contributed by atoms with van der Waals surface area (Å²) in [6.07, 6.45) is 4.21. The first-order chi connectivity index (χ1) is 11.6. The predicted molar refractivity (Wildman–Crippen MR) is 107 cm³/mol. The fraction of sp³-hybridized carbons (Fsp3) is 0.625. The number of ether oxygens (including phenoxy) is 2. The second kappa shape index (κ2) is 10.7. The summed E-state index contributed by atoms with van der Waals surface area (Å²) in [5, 5.41) is 1.10. The number of hydrogen-bond donors (Lipinski definition) is 0. The molecule has 0 aliphatic carbocycles. The molecule has 0 aromatic rings. The van der Waals surface area contributed by atoms with Crippen LogP contribution in [0, 0.1) is 0 Å². The molecule has 8 heteroatoms. The monoisotopic (exact) mass is 406 g/mol. The van der Waals surface area contributed by atoms with Crippen LogP contribution in [0.1, 0.15) is 12.8 Å². The van der Waals surface area contributed by atoms with E-state index in [-0.39, 0.29) is 11.9 Å². The number of carbonyl (C=O) groups is 2. The lowest BCUT2D eigenvalue weighted by atomic mass is 10.3. The van der Waals surface area contributed by atoms with Gasteiger partial charge in [-0.05, 0) is 12.8 Å². The Morgan fingerprint density at radius 1 is 0.875 bits per heavy atom. The average Bonchev–Trinajstić information content (AvgIpc) is 3.23. The van der Waals surface area contributed by atoms with Crippen molar-refractivity contribution in [2.45, 2.75) is 32.5 Å². The standard InChI is InChI=1S/C16H22O4S4/c1-3-13(17)19-7-5-11-9-21-15(23-11)16-22-10-12(24-16)6-8-20-14(18)4-2/h3-4,11-12,15-16H,1-2,5-10H2. The fourth-order valence-corrected chi connectivity index (χ4v) is 10.0. The Kier molecular flexibility index (Phi) is 9.00. The molecule has 0 amide bonds. The van der Waals surface area contributed by atoms with Crippen LogP contribution in [0.2, 0.25) is 0 Å². The van der Waals surface area contributed by atoms with Gasteiger partial charge in [-0.1, -0.05) is 13.2 Å². The first-order valence-electron chi connectivity index (χ1n) is 7.75. The van der Waals surface area contributed by atoms with Gasteiger partial charge in [-0.2, -0.15) is 0 Å². The van der Waals surface area contributed by atoms with Crippen molar-refractivity contribution in [3.05, 3.63) is 25.3 Å². The van der Waals surface area contributed by atoms with Gasteiger partial charge in [0.25, 0.3) is 0 Å². The Hall–Kier alpha value is -0.180. The normalized spacial score (nSPS) is 29.2. The summed E-state index contributed by atoms with van der Waals surface area (Å²) >= 11 is 8.03. The van der Waals surface area contributed by atoms with Crippen LogP contribution in [-0.2, 0) is 19.1 Å². The van der Waals surface area contributed by atoms with Gasteiger partial charge >= 0.3 is 11.9 Å². The van der Waals surface area contributed by atoms with Crippen LogP contribution in [0.25, 0.3) is 0 Å². The van der Waals surface area contributed by atoms with E-state index in [4.69, 9.17) is 9.47 Å². The van der Waals surface area contributed by atoms with Gasteiger partial charge in [0, 0.05) is 34.2 Å². The van der Waals surface area contributed by atoms with E-state index < -0.39 is 0 Å². The molecule has 4 atom stereocenters. The molecule has 2 fully saturated rings. The fourth-order valence-electron chi connectivity index (χ4n) is 2.23. The minimum absolute atomic E-state index is 0.343. The van der Waals surface area contributed by atoms with Crippen molar-refractivity contribution in [1.82, 2.24) is 0 Å². The number of rotatable bonds is 9. The van der Waals surface area contributed by atoms with Gasteiger partial charge in [-0.25, -0.2) is 9.59 Å². The third kappa shape index (κ3) is 6.61. The minimum atomic E-state index is -0.343. The van der Waals surface area contributed by atoms with E-state index in [1.807, 2.05) is 47.0 Å². The van der Waals surface area contributed by atoms with Gasteiger partial charge in [-0.3, -0.25) is 0 Å². The minimum Gasteiger partial charge on any atom is -0.463 e. The van der Waals surface area contributed by atoms with Crippen molar-refractivity contribution in [3.63, 3.8) is 0 Å². The molecule has 0 saturated carbocycles. The quantitative estimate of drug-likeness (QED) is 0.425. The highest BCUT2D eigenvalue weighted by molar-refractivity contribution is 8.26. The molecule has 2 heterocycles. The van der Waals surface area contributed by atoms with Crippen molar-refractivity contribution in [2.75, 3.05) is 24.7 Å². The van der Waals surface area contributed by atoms with Crippen LogP contribution in [0.3, 0.4) is 0 Å². The van der Waals surface area contributed by atoms with E-state index in [0.29, 0.717) is 32.9 Å². The summed E-state index contributed by atoms with van der Waals surface area (Å²) < 4.78 is 11.3. The van der Waals surface area contributed by atoms with Crippen LogP contribution in [0.5, 0.6) is 0 Å². The van der Waals surface area contributed by atoms with Crippen molar-refractivity contribution < 1.29 is 19.1 Å². The Balaban J connectivity index is 1.62. The summed E-state index contributed by atoms with van der Waals surface area (Å²) in [4.78, 5) is 22.1. The topological polar surface area (TPSA) is 52.6 Å². The highest BCUT2D eigenvalue weighted by atomic mass is 32.2. The maximum atomic E-state index is 11.0. The van der Waals surface area contributed by atoms with E-state index in [1.54, 1.807) is 0 Å². The summed E-state index contributed by atoms with van der Waals surface area (Å²) in [5.41, 5.74) is 0. The van der Waals surface area contributed by atoms with E-state index >= 15 is 0 Å². The van der Waals surface area contributed by atoms with Crippen LogP contribution in [0.15, 0.2) is 25.3 Å². The molecule has 4 nitrogen and oxygen atoms in total. The number of esters is 2. The molecule has 2 rings (SSSR count). The SMILES string of the molecule is C=CC(=O)OCCC1CSC(C2SCC(CCOC(=O)C=C)S2)S1. The Morgan fingerprint density at radius 2 is 1.29 bits per heavy atom. The predicted octanol–water partition coefficient (Wildman–Crippen LogP) is 3.57. The smallest absolute Gasteiger partial charge is 0.330 e. The molecule has 2 aliphatic heterocycles. The number of thioether (sulfide) groups is 4. The van der Waals surface area contributed by atoms with Gasteiger partial charge < -0.3 is 9.47 Å². The maximum absolute atomic E-state index is 11.0. The zero-order valence-corrected chi connectivity index (χ0v) is 16.7. The van der Waals surface area contributed by atoms with E-state index in [9.17, 15) is 9.59 Å². The molecule has 0 bridgehead atoms. The Morgan fingerprint density at radius 3 is 1.67 bits per heavy atom. The highest BCUT2D eigenvalue weighted by Crippen LogP contribution is 2.52. The molecule has 4 unspecified atom stereocenters. The first-order valence-corrected chi connectivity index (χ1v) is 11.7. The molecule has 2 saturated heterocycles. The lowest BCUT2D eigenvalue weighted by molar-refractivity contribution is -0.138. The lowest BCUT2D eigenvalue weighted by Gasteiger charge is -2.16. The molecular weight excluding hydrogens is 384 g/mol. The molecular formula is C16H22O4S4. The molecule has 0 spiro atoms. The third-order valence-corrected chi connectivity index (χ3v) is 11.1. The maximum Gasteiger partial charge on any atom is 0.330 e. The second-order valence-electron chi connectivity index (χ2n) is 5.24. The van der Waals surface area contributed by atoms with Crippen molar-refractivity contribution >= 4 is 59.0 Å². The average molecular weight is 407 g/mol. The lowest BCUT2D eigenvalue weighted by Crippen LogP contribution is -2.12. The van der Waals surface area contributed by atoms with E-state index in [0.717, 1.165) is 24.3 Å². The van der Waals surface area contributed by atoms with Crippen LogP contribution in [0.4, 0.5) is 0 Å². The zero-order valence-electron chi connectivity index (χ0n) is 13.4. The molecule has 0 radical (unpaired) electrons. The van der Waals surface area contributed by atoms with E-state index in [1.165, 1.54) is 12.2 Å². The van der Waals surface area contributed by atoms with Crippen molar-refractivity contribution in [2.24, 2.45) is 0 Å². The van der Waals surface area contributed by atoms with Crippen molar-refractivity contribution in [1.29, 1.82) is 0 Å². The van der Waals surface area contributed by atoms with Crippen LogP contribution in [-0.4, -0.2) is 56.3 Å². The van der Waals surface area contributed by atoms with E-state index in [2.05, 4.69) is 13.2 Å². The van der Waals surface area contributed by atoms with Crippen LogP contribution >= 0.6 is 47.0 Å². The largest absolute Gasteiger partial charge is 0.463 e. The van der Waals surface area contributed by atoms with Gasteiger partial charge in [0.2, 0.25) is 0 Å². The van der Waals surface area contributed by atoms with Gasteiger partial charge in [0.1, 0.15) is 0 Å². The molecule has 24 heavy (non-hydrogen) atoms. The first kappa shape index (κ1) is 20.1. The number of carbonyl (C=O) groups excluding carboxylic acids is 2.